The van der Waals surface area contributed by atoms with Crippen molar-refractivity contribution < 1.29 is 4.74 Å². The van der Waals surface area contributed by atoms with Gasteiger partial charge in [0, 0.05) is 0 Å². The summed E-state index contributed by atoms with van der Waals surface area (Å²) >= 11 is 0. The third-order valence-electron chi connectivity index (χ3n) is 1.43. The first-order valence-corrected chi connectivity index (χ1v) is 3.18. The first kappa shape index (κ1) is 7.62. The molecule has 11 heavy (non-hydrogen) atoms. The molecule has 2 nitrogen and oxygen atoms in total. The molecule has 0 fully saturated rings. The molecule has 0 amide bonds. The highest BCUT2D eigenvalue weighted by molar-refractivity contribution is 5.43. The lowest BCUT2D eigenvalue weighted by Crippen LogP contribution is -1.86. The van der Waals surface area contributed by atoms with Crippen LogP contribution in [-0.4, -0.2) is 7.11 Å². The summed E-state index contributed by atoms with van der Waals surface area (Å²) in [5.41, 5.74) is 1.29. The molecule has 0 saturated heterocycles. The van der Waals surface area contributed by atoms with E-state index in [1.165, 1.54) is 0 Å². The Hall–Kier alpha value is -1.49. The van der Waals surface area contributed by atoms with Crippen LogP contribution in [0.3, 0.4) is 0 Å². The monoisotopic (exact) mass is 146 g/mol. The van der Waals surface area contributed by atoms with Crippen molar-refractivity contribution in [2.45, 2.75) is 0 Å². The van der Waals surface area contributed by atoms with E-state index in [9.17, 15) is 0 Å². The highest BCUT2D eigenvalue weighted by atomic mass is 16.5. The number of rotatable bonds is 1. The number of methoxy groups -OCH3 is 1. The smallest absolute Gasteiger partial charge is 0.119 e. The average Bonchev–Trinajstić information content (AvgIpc) is 2.04. The maximum Gasteiger partial charge on any atom is 0.119 e. The van der Waals surface area contributed by atoms with Crippen molar-refractivity contribution in [1.29, 1.82) is 5.26 Å². The normalized spacial score (nSPS) is 8.82. The van der Waals surface area contributed by atoms with Crippen LogP contribution in [0.2, 0.25) is 0 Å². The Bertz CT molecular complexity index is 299. The number of benzene rings is 1. The van der Waals surface area contributed by atoms with Crippen LogP contribution in [0.4, 0.5) is 0 Å². The summed E-state index contributed by atoms with van der Waals surface area (Å²) in [7, 11) is 1.58. The van der Waals surface area contributed by atoms with Gasteiger partial charge in [-0.25, -0.2) is 0 Å². The van der Waals surface area contributed by atoms with Gasteiger partial charge < -0.3 is 4.74 Å². The lowest BCUT2D eigenvalue weighted by molar-refractivity contribution is 0.414. The van der Waals surface area contributed by atoms with E-state index in [0.717, 1.165) is 5.75 Å². The molecule has 0 spiro atoms. The third-order valence-corrected chi connectivity index (χ3v) is 1.43. The molecule has 0 aliphatic carbocycles. The van der Waals surface area contributed by atoms with Crippen LogP contribution in [0, 0.1) is 18.3 Å². The predicted molar refractivity (Wildman–Crippen MR) is 42.2 cm³/mol. The SMILES string of the molecule is [CH2]c1cc(OC)ccc1C#N. The number of nitrogens with zero attached hydrogens (tertiary/aromatic N) is 1. The van der Waals surface area contributed by atoms with Gasteiger partial charge in [-0.05, 0) is 30.7 Å². The van der Waals surface area contributed by atoms with Crippen LogP contribution in [0.25, 0.3) is 0 Å². The van der Waals surface area contributed by atoms with E-state index in [4.69, 9.17) is 10.00 Å². The molecule has 55 valence electrons. The molecule has 1 radical (unpaired) electrons. The van der Waals surface area contributed by atoms with Gasteiger partial charge in [-0.3, -0.25) is 0 Å². The quantitative estimate of drug-likeness (QED) is 0.604. The van der Waals surface area contributed by atoms with Crippen molar-refractivity contribution in [3.63, 3.8) is 0 Å². The van der Waals surface area contributed by atoms with Crippen molar-refractivity contribution in [1.82, 2.24) is 0 Å². The van der Waals surface area contributed by atoms with Gasteiger partial charge in [-0.15, -0.1) is 0 Å². The highest BCUT2D eigenvalue weighted by Crippen LogP contribution is 2.15. The molecule has 0 heterocycles. The molecule has 1 rings (SSSR count). The maximum absolute atomic E-state index is 8.55. The molecular formula is C9H8NO. The molecule has 0 aliphatic heterocycles. The first-order chi connectivity index (χ1) is 5.27. The van der Waals surface area contributed by atoms with E-state index in [1.807, 2.05) is 6.07 Å². The Morgan fingerprint density at radius 2 is 2.27 bits per heavy atom. The fourth-order valence-electron chi connectivity index (χ4n) is 0.806. The summed E-state index contributed by atoms with van der Waals surface area (Å²) in [5, 5.41) is 8.55. The second kappa shape index (κ2) is 3.07. The van der Waals surface area contributed by atoms with Gasteiger partial charge in [0.05, 0.1) is 18.7 Å². The molecule has 0 atom stereocenters. The van der Waals surface area contributed by atoms with Crippen LogP contribution in [-0.2, 0) is 0 Å². The Kier molecular flexibility index (Phi) is 2.12. The van der Waals surface area contributed by atoms with Gasteiger partial charge in [0.25, 0.3) is 0 Å². The van der Waals surface area contributed by atoms with Gasteiger partial charge in [-0.1, -0.05) is 0 Å². The largest absolute Gasteiger partial charge is 0.497 e. The fourth-order valence-corrected chi connectivity index (χ4v) is 0.806. The van der Waals surface area contributed by atoms with E-state index in [0.29, 0.717) is 11.1 Å². The van der Waals surface area contributed by atoms with Crippen LogP contribution >= 0.6 is 0 Å². The minimum atomic E-state index is 0.589. The van der Waals surface area contributed by atoms with Crippen LogP contribution in [0.5, 0.6) is 5.75 Å². The summed E-state index contributed by atoms with van der Waals surface area (Å²) in [6.45, 7) is 3.70. The van der Waals surface area contributed by atoms with E-state index in [-0.39, 0.29) is 0 Å². The zero-order chi connectivity index (χ0) is 8.27. The molecule has 0 unspecified atom stereocenters. The fraction of sp³-hybridized carbons (Fsp3) is 0.111. The zero-order valence-electron chi connectivity index (χ0n) is 6.29. The summed E-state index contributed by atoms with van der Waals surface area (Å²) in [5.74, 6) is 0.731. The molecular weight excluding hydrogens is 138 g/mol. The first-order valence-electron chi connectivity index (χ1n) is 3.18. The predicted octanol–water partition coefficient (Wildman–Crippen LogP) is 1.75. The van der Waals surface area contributed by atoms with Gasteiger partial charge >= 0.3 is 0 Å². The van der Waals surface area contributed by atoms with E-state index in [2.05, 4.69) is 6.92 Å². The van der Waals surface area contributed by atoms with Crippen molar-refractivity contribution in [2.75, 3.05) is 7.11 Å². The molecule has 0 aliphatic rings. The van der Waals surface area contributed by atoms with Gasteiger partial charge in [-0.2, -0.15) is 5.26 Å². The summed E-state index contributed by atoms with van der Waals surface area (Å²) in [6.07, 6.45) is 0. The van der Waals surface area contributed by atoms with E-state index >= 15 is 0 Å². The molecule has 0 N–H and O–H groups in total. The van der Waals surface area contributed by atoms with Crippen LogP contribution < -0.4 is 4.74 Å². The number of hydrogen-bond donors (Lipinski definition) is 0. The second-order valence-corrected chi connectivity index (χ2v) is 2.13. The number of hydrogen-bond acceptors (Lipinski definition) is 2. The standard InChI is InChI=1S/C9H8NO/c1-7-5-9(11-2)4-3-8(7)6-10/h3-5H,1H2,2H3. The van der Waals surface area contributed by atoms with Gasteiger partial charge in [0.1, 0.15) is 5.75 Å². The Morgan fingerprint density at radius 3 is 2.73 bits per heavy atom. The Labute approximate surface area is 66.0 Å². The summed E-state index contributed by atoms with van der Waals surface area (Å²) in [6, 6.07) is 7.20. The molecule has 2 heteroatoms. The lowest BCUT2D eigenvalue weighted by atomic mass is 10.1. The van der Waals surface area contributed by atoms with Gasteiger partial charge in [0.2, 0.25) is 0 Å². The molecule has 0 bridgehead atoms. The average molecular weight is 146 g/mol. The number of ether oxygens (including phenoxy) is 1. The van der Waals surface area contributed by atoms with Crippen molar-refractivity contribution in [3.8, 4) is 11.8 Å². The van der Waals surface area contributed by atoms with Crippen molar-refractivity contribution >= 4 is 0 Å². The molecule has 0 saturated carbocycles. The molecule has 1 aromatic rings. The summed E-state index contributed by atoms with van der Waals surface area (Å²) in [4.78, 5) is 0. The zero-order valence-corrected chi connectivity index (χ0v) is 6.29. The number of nitriles is 1. The van der Waals surface area contributed by atoms with Crippen molar-refractivity contribution in [3.05, 3.63) is 36.2 Å². The Balaban J connectivity index is 3.12. The van der Waals surface area contributed by atoms with Crippen LogP contribution in [0.15, 0.2) is 18.2 Å². The Morgan fingerprint density at radius 1 is 1.55 bits per heavy atom. The lowest BCUT2D eigenvalue weighted by Gasteiger charge is -2.00. The molecule has 0 aromatic heterocycles. The van der Waals surface area contributed by atoms with Gasteiger partial charge in [0.15, 0.2) is 0 Å². The van der Waals surface area contributed by atoms with Crippen molar-refractivity contribution in [2.24, 2.45) is 0 Å². The second-order valence-electron chi connectivity index (χ2n) is 2.13. The summed E-state index contributed by atoms with van der Waals surface area (Å²) < 4.78 is 4.95. The molecule has 1 aromatic carbocycles. The van der Waals surface area contributed by atoms with Crippen LogP contribution in [0.1, 0.15) is 11.1 Å². The topological polar surface area (TPSA) is 33.0 Å². The third kappa shape index (κ3) is 1.50. The maximum atomic E-state index is 8.55. The van der Waals surface area contributed by atoms with E-state index < -0.39 is 0 Å². The highest BCUT2D eigenvalue weighted by Gasteiger charge is 1.97. The minimum absolute atomic E-state index is 0.589. The minimum Gasteiger partial charge on any atom is -0.497 e. The van der Waals surface area contributed by atoms with E-state index in [1.54, 1.807) is 25.3 Å².